The number of carbonyl (C=O) groups is 1. The number of amides is 2. The van der Waals surface area contributed by atoms with Crippen molar-refractivity contribution < 1.29 is 14.3 Å². The van der Waals surface area contributed by atoms with Gasteiger partial charge in [-0.05, 0) is 37.1 Å². The first-order chi connectivity index (χ1) is 11.6. The Morgan fingerprint density at radius 3 is 2.58 bits per heavy atom. The molecule has 1 aliphatic carbocycles. The van der Waals surface area contributed by atoms with Gasteiger partial charge in [0.2, 0.25) is 11.8 Å². The molecule has 3 rings (SSSR count). The predicted octanol–water partition coefficient (Wildman–Crippen LogP) is 2.73. The van der Waals surface area contributed by atoms with Gasteiger partial charge in [0, 0.05) is 24.2 Å². The minimum atomic E-state index is -0.754. The summed E-state index contributed by atoms with van der Waals surface area (Å²) in [5, 5.41) is 23.6. The molecule has 0 atom stereocenters. The highest BCUT2D eigenvalue weighted by Crippen LogP contribution is 2.28. The van der Waals surface area contributed by atoms with E-state index in [0.29, 0.717) is 23.9 Å². The summed E-state index contributed by atoms with van der Waals surface area (Å²) in [5.74, 6) is 1.06. The van der Waals surface area contributed by atoms with E-state index >= 15 is 0 Å². The molecule has 1 aromatic heterocycles. The number of aryl methyl sites for hydroxylation is 1. The van der Waals surface area contributed by atoms with Crippen LogP contribution in [0.3, 0.4) is 0 Å². The monoisotopic (exact) mass is 330 g/mol. The summed E-state index contributed by atoms with van der Waals surface area (Å²) in [4.78, 5) is 11.9. The van der Waals surface area contributed by atoms with Crippen LogP contribution < -0.4 is 10.6 Å². The first-order valence-electron chi connectivity index (χ1n) is 8.28. The summed E-state index contributed by atoms with van der Waals surface area (Å²) in [6, 6.07) is 6.85. The van der Waals surface area contributed by atoms with E-state index in [0.717, 1.165) is 31.2 Å². The predicted molar refractivity (Wildman–Crippen MR) is 89.6 cm³/mol. The number of aromatic nitrogens is 2. The maximum absolute atomic E-state index is 11.9. The fourth-order valence-corrected chi connectivity index (χ4v) is 2.84. The molecule has 0 spiro atoms. The van der Waals surface area contributed by atoms with Crippen molar-refractivity contribution in [2.24, 2.45) is 0 Å². The molecule has 0 bridgehead atoms. The SMILES string of the molecule is CCc1nnc(-c2ccc(NC(=O)NCC3(O)CCCC3)cc2)o1. The molecule has 7 heteroatoms. The first-order valence-corrected chi connectivity index (χ1v) is 8.28. The molecular formula is C17H22N4O3. The van der Waals surface area contributed by atoms with Crippen LogP contribution in [-0.2, 0) is 6.42 Å². The van der Waals surface area contributed by atoms with E-state index in [1.54, 1.807) is 12.1 Å². The van der Waals surface area contributed by atoms with E-state index in [-0.39, 0.29) is 12.6 Å². The van der Waals surface area contributed by atoms with E-state index in [1.807, 2.05) is 19.1 Å². The lowest BCUT2D eigenvalue weighted by atomic mass is 10.0. The van der Waals surface area contributed by atoms with Crippen LogP contribution in [0.5, 0.6) is 0 Å². The number of urea groups is 1. The molecule has 1 aromatic carbocycles. The average molecular weight is 330 g/mol. The normalized spacial score (nSPS) is 16.1. The Bertz CT molecular complexity index is 690. The third kappa shape index (κ3) is 3.91. The van der Waals surface area contributed by atoms with Crippen molar-refractivity contribution in [3.8, 4) is 11.5 Å². The third-order valence-electron chi connectivity index (χ3n) is 4.27. The van der Waals surface area contributed by atoms with Gasteiger partial charge in [-0.3, -0.25) is 0 Å². The molecule has 128 valence electrons. The Balaban J connectivity index is 1.54. The van der Waals surface area contributed by atoms with Gasteiger partial charge in [-0.15, -0.1) is 10.2 Å². The van der Waals surface area contributed by atoms with Crippen molar-refractivity contribution in [3.05, 3.63) is 30.2 Å². The van der Waals surface area contributed by atoms with Crippen LogP contribution in [0, 0.1) is 0 Å². The zero-order valence-electron chi connectivity index (χ0n) is 13.7. The molecule has 1 fully saturated rings. The summed E-state index contributed by atoms with van der Waals surface area (Å²) < 4.78 is 5.50. The molecule has 0 radical (unpaired) electrons. The smallest absolute Gasteiger partial charge is 0.319 e. The molecule has 1 saturated carbocycles. The molecule has 24 heavy (non-hydrogen) atoms. The topological polar surface area (TPSA) is 100 Å². The van der Waals surface area contributed by atoms with E-state index in [4.69, 9.17) is 4.42 Å². The molecule has 7 nitrogen and oxygen atoms in total. The van der Waals surface area contributed by atoms with Gasteiger partial charge >= 0.3 is 6.03 Å². The minimum absolute atomic E-state index is 0.276. The summed E-state index contributed by atoms with van der Waals surface area (Å²) >= 11 is 0. The van der Waals surface area contributed by atoms with Crippen LogP contribution >= 0.6 is 0 Å². The first kappa shape index (κ1) is 16.4. The van der Waals surface area contributed by atoms with Crippen molar-refractivity contribution in [3.63, 3.8) is 0 Å². The Morgan fingerprint density at radius 2 is 1.96 bits per heavy atom. The number of hydrogen-bond acceptors (Lipinski definition) is 5. The van der Waals surface area contributed by atoms with Crippen LogP contribution in [0.25, 0.3) is 11.5 Å². The molecular weight excluding hydrogens is 308 g/mol. The van der Waals surface area contributed by atoms with Crippen molar-refractivity contribution in [1.29, 1.82) is 0 Å². The fraction of sp³-hybridized carbons (Fsp3) is 0.471. The number of benzene rings is 1. The van der Waals surface area contributed by atoms with Gasteiger partial charge < -0.3 is 20.2 Å². The van der Waals surface area contributed by atoms with Gasteiger partial charge in [-0.2, -0.15) is 0 Å². The number of aliphatic hydroxyl groups is 1. The Hall–Kier alpha value is -2.41. The lowest BCUT2D eigenvalue weighted by Crippen LogP contribution is -2.42. The minimum Gasteiger partial charge on any atom is -0.421 e. The molecule has 0 aliphatic heterocycles. The Kier molecular flexibility index (Phi) is 4.80. The second-order valence-electron chi connectivity index (χ2n) is 6.17. The molecule has 2 aromatic rings. The maximum Gasteiger partial charge on any atom is 0.319 e. The molecule has 1 heterocycles. The number of nitrogens with zero attached hydrogens (tertiary/aromatic N) is 2. The van der Waals surface area contributed by atoms with Crippen molar-refractivity contribution in [1.82, 2.24) is 15.5 Å². The highest BCUT2D eigenvalue weighted by molar-refractivity contribution is 5.89. The lowest BCUT2D eigenvalue weighted by molar-refractivity contribution is 0.0506. The summed E-state index contributed by atoms with van der Waals surface area (Å²) in [5.41, 5.74) is 0.703. The van der Waals surface area contributed by atoms with Crippen molar-refractivity contribution in [2.75, 3.05) is 11.9 Å². The van der Waals surface area contributed by atoms with Gasteiger partial charge in [-0.1, -0.05) is 19.8 Å². The zero-order valence-corrected chi connectivity index (χ0v) is 13.7. The second kappa shape index (κ2) is 7.00. The van der Waals surface area contributed by atoms with Gasteiger partial charge in [0.1, 0.15) is 0 Å². The molecule has 0 unspecified atom stereocenters. The molecule has 0 saturated heterocycles. The Labute approximate surface area is 140 Å². The van der Waals surface area contributed by atoms with E-state index in [1.165, 1.54) is 0 Å². The maximum atomic E-state index is 11.9. The lowest BCUT2D eigenvalue weighted by Gasteiger charge is -2.22. The van der Waals surface area contributed by atoms with Gasteiger partial charge in [0.05, 0.1) is 5.60 Å². The average Bonchev–Trinajstić information content (AvgIpc) is 3.23. The number of carbonyl (C=O) groups excluding carboxylic acids is 1. The summed E-state index contributed by atoms with van der Waals surface area (Å²) in [6.07, 6.45) is 4.20. The van der Waals surface area contributed by atoms with Crippen LogP contribution in [0.4, 0.5) is 10.5 Å². The zero-order chi connectivity index (χ0) is 17.0. The van der Waals surface area contributed by atoms with Crippen LogP contribution in [0.2, 0.25) is 0 Å². The number of hydrogen-bond donors (Lipinski definition) is 3. The number of anilines is 1. The van der Waals surface area contributed by atoms with Gasteiger partial charge in [0.15, 0.2) is 0 Å². The van der Waals surface area contributed by atoms with Gasteiger partial charge in [0.25, 0.3) is 0 Å². The fourth-order valence-electron chi connectivity index (χ4n) is 2.84. The molecule has 1 aliphatic rings. The third-order valence-corrected chi connectivity index (χ3v) is 4.27. The largest absolute Gasteiger partial charge is 0.421 e. The highest BCUT2D eigenvalue weighted by atomic mass is 16.4. The van der Waals surface area contributed by atoms with Crippen LogP contribution in [-0.4, -0.2) is 33.5 Å². The van der Waals surface area contributed by atoms with E-state index in [9.17, 15) is 9.90 Å². The van der Waals surface area contributed by atoms with E-state index in [2.05, 4.69) is 20.8 Å². The van der Waals surface area contributed by atoms with Gasteiger partial charge in [-0.25, -0.2) is 4.79 Å². The number of nitrogens with one attached hydrogen (secondary N) is 2. The Morgan fingerprint density at radius 1 is 1.25 bits per heavy atom. The standard InChI is InChI=1S/C17H22N4O3/c1-2-14-20-21-15(24-14)12-5-7-13(8-6-12)19-16(22)18-11-17(23)9-3-4-10-17/h5-8,23H,2-4,9-11H2,1H3,(H2,18,19,22). The molecule has 3 N–H and O–H groups in total. The van der Waals surface area contributed by atoms with E-state index < -0.39 is 5.60 Å². The second-order valence-corrected chi connectivity index (χ2v) is 6.17. The van der Waals surface area contributed by atoms with Crippen LogP contribution in [0.15, 0.2) is 28.7 Å². The molecule has 2 amide bonds. The summed E-state index contributed by atoms with van der Waals surface area (Å²) in [6.45, 7) is 2.23. The van der Waals surface area contributed by atoms with Crippen LogP contribution in [0.1, 0.15) is 38.5 Å². The van der Waals surface area contributed by atoms with Crippen molar-refractivity contribution in [2.45, 2.75) is 44.6 Å². The number of rotatable bonds is 5. The summed E-state index contributed by atoms with van der Waals surface area (Å²) in [7, 11) is 0. The highest BCUT2D eigenvalue weighted by Gasteiger charge is 2.31. The van der Waals surface area contributed by atoms with Crippen molar-refractivity contribution >= 4 is 11.7 Å². The quantitative estimate of drug-likeness (QED) is 0.782.